The lowest BCUT2D eigenvalue weighted by Crippen LogP contribution is -2.31. The third-order valence-electron chi connectivity index (χ3n) is 4.40. The molecule has 2 N–H and O–H groups in total. The molecule has 2 aromatic heterocycles. The molecule has 27 heavy (non-hydrogen) atoms. The second-order valence-electron chi connectivity index (χ2n) is 6.46. The lowest BCUT2D eigenvalue weighted by molar-refractivity contribution is -0.146. The summed E-state index contributed by atoms with van der Waals surface area (Å²) in [6.45, 7) is 4.89. The summed E-state index contributed by atoms with van der Waals surface area (Å²) < 4.78 is 40.0. The maximum absolute atomic E-state index is 13.1. The van der Waals surface area contributed by atoms with Crippen LogP contribution >= 0.6 is 11.6 Å². The lowest BCUT2D eigenvalue weighted by atomic mass is 9.96. The van der Waals surface area contributed by atoms with Crippen molar-refractivity contribution in [1.29, 1.82) is 0 Å². The van der Waals surface area contributed by atoms with Crippen LogP contribution in [0.4, 0.5) is 19.0 Å². The maximum atomic E-state index is 13.1. The van der Waals surface area contributed by atoms with Gasteiger partial charge in [-0.1, -0.05) is 29.8 Å². The Morgan fingerprint density at radius 2 is 1.81 bits per heavy atom. The zero-order valence-electron chi connectivity index (χ0n) is 14.8. The molecule has 3 aromatic rings. The summed E-state index contributed by atoms with van der Waals surface area (Å²) in [5.74, 6) is -1.01. The number of fused-ring (bicyclic) bond motifs is 1. The fraction of sp³-hybridized carbons (Fsp3) is 0.353. The molecule has 3 rings (SSSR count). The molecule has 1 unspecified atom stereocenters. The van der Waals surface area contributed by atoms with Gasteiger partial charge in [-0.2, -0.15) is 17.7 Å². The van der Waals surface area contributed by atoms with E-state index in [1.54, 1.807) is 45.0 Å². The second-order valence-corrected chi connectivity index (χ2v) is 6.87. The van der Waals surface area contributed by atoms with E-state index in [0.717, 1.165) is 0 Å². The zero-order chi connectivity index (χ0) is 20.0. The highest BCUT2D eigenvalue weighted by Crippen LogP contribution is 2.31. The minimum atomic E-state index is -4.69. The van der Waals surface area contributed by atoms with Gasteiger partial charge in [0.05, 0.1) is 0 Å². The predicted octanol–water partition coefficient (Wildman–Crippen LogP) is 3.73. The van der Waals surface area contributed by atoms with Crippen molar-refractivity contribution in [2.24, 2.45) is 0 Å². The van der Waals surface area contributed by atoms with Crippen molar-refractivity contribution in [1.82, 2.24) is 19.8 Å². The van der Waals surface area contributed by atoms with Crippen LogP contribution in [0.15, 0.2) is 24.3 Å². The first kappa shape index (κ1) is 19.4. The van der Waals surface area contributed by atoms with E-state index in [2.05, 4.69) is 20.6 Å². The van der Waals surface area contributed by atoms with E-state index in [4.69, 9.17) is 11.6 Å². The topological polar surface area (TPSA) is 75.3 Å². The van der Waals surface area contributed by atoms with Crippen molar-refractivity contribution in [2.75, 3.05) is 11.9 Å². The molecule has 0 aliphatic heterocycles. The molecule has 144 valence electrons. The van der Waals surface area contributed by atoms with Gasteiger partial charge in [-0.25, -0.2) is 0 Å². The van der Waals surface area contributed by atoms with Crippen LogP contribution in [0.25, 0.3) is 5.65 Å². The first-order valence-electron chi connectivity index (χ1n) is 8.03. The highest BCUT2D eigenvalue weighted by Gasteiger charge is 2.38. The smallest absolute Gasteiger partial charge is 0.384 e. The average molecular weight is 400 g/mol. The van der Waals surface area contributed by atoms with E-state index >= 15 is 0 Å². The molecule has 2 heterocycles. The summed E-state index contributed by atoms with van der Waals surface area (Å²) >= 11 is 6.13. The number of benzene rings is 1. The summed E-state index contributed by atoms with van der Waals surface area (Å²) in [4.78, 5) is 0. The highest BCUT2D eigenvalue weighted by molar-refractivity contribution is 6.31. The van der Waals surface area contributed by atoms with Gasteiger partial charge in [-0.05, 0) is 32.4 Å². The molecule has 10 heteroatoms. The number of nitrogens with one attached hydrogen (secondary N) is 1. The monoisotopic (exact) mass is 399 g/mol. The van der Waals surface area contributed by atoms with Crippen molar-refractivity contribution < 1.29 is 18.3 Å². The molecular formula is C17H17ClF3N5O. The molecule has 6 nitrogen and oxygen atoms in total. The minimum Gasteiger partial charge on any atom is -0.384 e. The number of aryl methyl sites for hydroxylation is 1. The lowest BCUT2D eigenvalue weighted by Gasteiger charge is -2.26. The van der Waals surface area contributed by atoms with Gasteiger partial charge in [-0.3, -0.25) is 0 Å². The van der Waals surface area contributed by atoms with Crippen LogP contribution in [0.1, 0.15) is 29.4 Å². The van der Waals surface area contributed by atoms with E-state index in [0.29, 0.717) is 26.2 Å². The Labute approximate surface area is 158 Å². The molecule has 0 saturated heterocycles. The number of hydrogen-bond acceptors (Lipinski definition) is 5. The Hall–Kier alpha value is -2.39. The molecule has 0 aliphatic rings. The van der Waals surface area contributed by atoms with Crippen molar-refractivity contribution in [3.8, 4) is 0 Å². The average Bonchev–Trinajstić information content (AvgIpc) is 3.01. The fourth-order valence-corrected chi connectivity index (χ4v) is 3.06. The molecule has 0 bridgehead atoms. The fourth-order valence-electron chi connectivity index (χ4n) is 2.72. The number of aromatic nitrogens is 4. The van der Waals surface area contributed by atoms with Gasteiger partial charge in [-0.15, -0.1) is 15.3 Å². The Balaban J connectivity index is 1.97. The van der Waals surface area contributed by atoms with Gasteiger partial charge in [0.1, 0.15) is 11.4 Å². The summed E-state index contributed by atoms with van der Waals surface area (Å²) in [6.07, 6.45) is -4.69. The van der Waals surface area contributed by atoms with Gasteiger partial charge in [0.15, 0.2) is 5.65 Å². The van der Waals surface area contributed by atoms with E-state index in [1.807, 2.05) is 0 Å². The molecule has 1 aromatic carbocycles. The van der Waals surface area contributed by atoms with Gasteiger partial charge in [0.25, 0.3) is 5.82 Å². The minimum absolute atomic E-state index is 0.0149. The number of halogens is 4. The molecule has 0 amide bonds. The van der Waals surface area contributed by atoms with Crippen molar-refractivity contribution in [3.63, 3.8) is 0 Å². The quantitative estimate of drug-likeness (QED) is 0.699. The molecule has 1 atom stereocenters. The predicted molar refractivity (Wildman–Crippen MR) is 94.8 cm³/mol. The third-order valence-corrected chi connectivity index (χ3v) is 4.73. The number of aliphatic hydroxyl groups is 1. The summed E-state index contributed by atoms with van der Waals surface area (Å²) in [5.41, 5.74) is 0.277. The van der Waals surface area contributed by atoms with E-state index < -0.39 is 17.6 Å². The van der Waals surface area contributed by atoms with E-state index in [1.165, 1.54) is 0 Å². The van der Waals surface area contributed by atoms with Crippen molar-refractivity contribution in [3.05, 3.63) is 51.8 Å². The first-order valence-corrected chi connectivity index (χ1v) is 8.41. The van der Waals surface area contributed by atoms with Crippen LogP contribution < -0.4 is 5.32 Å². The van der Waals surface area contributed by atoms with Gasteiger partial charge in [0.2, 0.25) is 0 Å². The number of anilines is 1. The van der Waals surface area contributed by atoms with E-state index in [-0.39, 0.29) is 18.0 Å². The van der Waals surface area contributed by atoms with Crippen LogP contribution in [-0.4, -0.2) is 31.5 Å². The summed E-state index contributed by atoms with van der Waals surface area (Å²) in [7, 11) is 0. The Morgan fingerprint density at radius 1 is 1.15 bits per heavy atom. The van der Waals surface area contributed by atoms with Crippen LogP contribution in [0.5, 0.6) is 0 Å². The third kappa shape index (κ3) is 3.57. The number of alkyl halides is 3. The Kier molecular flexibility index (Phi) is 4.77. The number of hydrogen-bond donors (Lipinski definition) is 2. The molecule has 0 aliphatic carbocycles. The molecular weight excluding hydrogens is 383 g/mol. The number of rotatable bonds is 4. The van der Waals surface area contributed by atoms with E-state index in [9.17, 15) is 18.3 Å². The van der Waals surface area contributed by atoms with Gasteiger partial charge < -0.3 is 10.4 Å². The highest BCUT2D eigenvalue weighted by atomic mass is 35.5. The van der Waals surface area contributed by atoms with Crippen LogP contribution in [-0.2, 0) is 11.8 Å². The number of nitrogens with zero attached hydrogens (tertiary/aromatic N) is 4. The van der Waals surface area contributed by atoms with Gasteiger partial charge >= 0.3 is 6.18 Å². The molecule has 0 spiro atoms. The van der Waals surface area contributed by atoms with Crippen molar-refractivity contribution >= 4 is 23.1 Å². The van der Waals surface area contributed by atoms with Crippen LogP contribution in [0, 0.1) is 13.8 Å². The van der Waals surface area contributed by atoms with Crippen LogP contribution in [0.3, 0.4) is 0 Å². The summed E-state index contributed by atoms with van der Waals surface area (Å²) in [6, 6.07) is 6.81. The second kappa shape index (κ2) is 6.65. The Morgan fingerprint density at radius 3 is 2.44 bits per heavy atom. The molecule has 0 fully saturated rings. The normalized spacial score (nSPS) is 14.4. The SMILES string of the molecule is Cc1c(NCC(C)(O)c2ccccc2Cl)nn2c(C(F)(F)F)nnc2c1C. The zero-order valence-corrected chi connectivity index (χ0v) is 15.5. The maximum Gasteiger partial charge on any atom is 0.453 e. The van der Waals surface area contributed by atoms with Crippen molar-refractivity contribution in [2.45, 2.75) is 32.5 Å². The van der Waals surface area contributed by atoms with Gasteiger partial charge in [0, 0.05) is 22.7 Å². The molecule has 0 radical (unpaired) electrons. The Bertz CT molecular complexity index is 1000. The first-order chi connectivity index (χ1) is 12.5. The molecule has 0 saturated carbocycles. The largest absolute Gasteiger partial charge is 0.453 e. The standard InChI is InChI=1S/C17H17ClF3N5O/c1-9-10(2)14-23-24-15(17(19,20)21)26(14)25-13(9)22-8-16(3,27)11-6-4-5-7-12(11)18/h4-7,27H,8H2,1-3H3,(H,22,25). The van der Waals surface area contributed by atoms with Crippen LogP contribution in [0.2, 0.25) is 5.02 Å². The summed E-state index contributed by atoms with van der Waals surface area (Å²) in [5, 5.41) is 24.9.